The van der Waals surface area contributed by atoms with Crippen molar-refractivity contribution >= 4 is 23.2 Å². The monoisotopic (exact) mass is 270 g/mol. The Morgan fingerprint density at radius 3 is 2.72 bits per heavy atom. The lowest BCUT2D eigenvalue weighted by molar-refractivity contribution is -0.139. The van der Waals surface area contributed by atoms with Gasteiger partial charge in [0.2, 0.25) is 5.91 Å². The highest BCUT2D eigenvalue weighted by Gasteiger charge is 2.06. The number of rotatable bonds is 7. The van der Waals surface area contributed by atoms with Crippen LogP contribution in [0.1, 0.15) is 16.2 Å². The fourth-order valence-corrected chi connectivity index (χ4v) is 2.34. The molecule has 0 atom stereocenters. The van der Waals surface area contributed by atoms with Crippen molar-refractivity contribution in [3.05, 3.63) is 21.9 Å². The fraction of sp³-hybridized carbons (Fsp3) is 0.500. The van der Waals surface area contributed by atoms with Gasteiger partial charge in [-0.05, 0) is 12.1 Å². The van der Waals surface area contributed by atoms with Crippen molar-refractivity contribution in [3.8, 4) is 0 Å². The summed E-state index contributed by atoms with van der Waals surface area (Å²) in [7, 11) is 3.01. The lowest BCUT2D eigenvalue weighted by Crippen LogP contribution is -2.24. The van der Waals surface area contributed by atoms with Crippen molar-refractivity contribution in [2.24, 2.45) is 0 Å². The summed E-state index contributed by atoms with van der Waals surface area (Å²) in [6, 6.07) is 3.91. The van der Waals surface area contributed by atoms with Crippen molar-refractivity contribution < 1.29 is 14.3 Å². The van der Waals surface area contributed by atoms with Crippen LogP contribution in [0, 0.1) is 0 Å². The van der Waals surface area contributed by atoms with E-state index >= 15 is 0 Å². The number of esters is 1. The minimum atomic E-state index is -0.226. The van der Waals surface area contributed by atoms with Gasteiger partial charge in [0.25, 0.3) is 0 Å². The Balaban J connectivity index is 2.27. The van der Waals surface area contributed by atoms with Crippen LogP contribution in [0.5, 0.6) is 0 Å². The Kier molecular flexibility index (Phi) is 6.38. The molecule has 0 aliphatic rings. The molecule has 5 nitrogen and oxygen atoms in total. The van der Waals surface area contributed by atoms with Gasteiger partial charge in [0.05, 0.1) is 13.5 Å². The number of ether oxygens (including phenoxy) is 1. The van der Waals surface area contributed by atoms with Crippen LogP contribution in [-0.2, 0) is 27.3 Å². The van der Waals surface area contributed by atoms with Crippen LogP contribution in [-0.4, -0.2) is 32.6 Å². The molecule has 0 radical (unpaired) electrons. The van der Waals surface area contributed by atoms with Gasteiger partial charge in [0.1, 0.15) is 0 Å². The summed E-state index contributed by atoms with van der Waals surface area (Å²) in [6.07, 6.45) is 0.788. The van der Waals surface area contributed by atoms with Crippen LogP contribution in [0.2, 0.25) is 0 Å². The van der Waals surface area contributed by atoms with E-state index in [1.807, 2.05) is 12.1 Å². The Morgan fingerprint density at radius 1 is 1.33 bits per heavy atom. The molecule has 0 unspecified atom stereocenters. The zero-order valence-electron chi connectivity index (χ0n) is 10.6. The molecule has 0 aliphatic carbocycles. The molecule has 1 aromatic heterocycles. The molecule has 6 heteroatoms. The van der Waals surface area contributed by atoms with Crippen molar-refractivity contribution in [1.29, 1.82) is 0 Å². The number of carbonyl (C=O) groups excluding carboxylic acids is 2. The third-order valence-corrected chi connectivity index (χ3v) is 3.46. The van der Waals surface area contributed by atoms with E-state index in [1.165, 1.54) is 7.11 Å². The van der Waals surface area contributed by atoms with Crippen LogP contribution in [0.4, 0.5) is 0 Å². The summed E-state index contributed by atoms with van der Waals surface area (Å²) in [5, 5.41) is 5.75. The molecule has 18 heavy (non-hydrogen) atoms. The maximum atomic E-state index is 11.1. The summed E-state index contributed by atoms with van der Waals surface area (Å²) in [4.78, 5) is 24.2. The van der Waals surface area contributed by atoms with Crippen LogP contribution in [0.25, 0.3) is 0 Å². The Morgan fingerprint density at radius 2 is 2.06 bits per heavy atom. The molecule has 0 saturated heterocycles. The molecule has 0 aliphatic heterocycles. The average molecular weight is 270 g/mol. The first-order chi connectivity index (χ1) is 8.65. The highest BCUT2D eigenvalue weighted by atomic mass is 32.1. The van der Waals surface area contributed by atoms with Gasteiger partial charge in [-0.1, -0.05) is 0 Å². The van der Waals surface area contributed by atoms with E-state index in [0.717, 1.165) is 9.75 Å². The van der Waals surface area contributed by atoms with Gasteiger partial charge in [0, 0.05) is 36.3 Å². The molecule has 1 rings (SSSR count). The molecule has 1 amide bonds. The van der Waals surface area contributed by atoms with E-state index in [0.29, 0.717) is 25.9 Å². The van der Waals surface area contributed by atoms with Crippen molar-refractivity contribution in [1.82, 2.24) is 10.6 Å². The molecular formula is C12H18N2O3S. The van der Waals surface area contributed by atoms with E-state index in [1.54, 1.807) is 18.4 Å². The van der Waals surface area contributed by atoms with Gasteiger partial charge in [0.15, 0.2) is 0 Å². The van der Waals surface area contributed by atoms with Gasteiger partial charge in [-0.2, -0.15) is 0 Å². The predicted molar refractivity (Wildman–Crippen MR) is 70.4 cm³/mol. The minimum Gasteiger partial charge on any atom is -0.469 e. The average Bonchev–Trinajstić information content (AvgIpc) is 2.81. The Labute approximate surface area is 111 Å². The van der Waals surface area contributed by atoms with Crippen LogP contribution >= 0.6 is 11.3 Å². The Hall–Kier alpha value is -1.40. The lowest BCUT2D eigenvalue weighted by Gasteiger charge is -2.02. The summed E-state index contributed by atoms with van der Waals surface area (Å²) in [6.45, 7) is 1.35. The number of nitrogens with one attached hydrogen (secondary N) is 2. The van der Waals surface area contributed by atoms with Crippen LogP contribution < -0.4 is 10.6 Å². The van der Waals surface area contributed by atoms with Gasteiger partial charge in [-0.25, -0.2) is 0 Å². The predicted octanol–water partition coefficient (Wildman–Crippen LogP) is 0.689. The first-order valence-electron chi connectivity index (χ1n) is 5.71. The second-order valence-corrected chi connectivity index (χ2v) is 4.97. The number of carbonyl (C=O) groups is 2. The van der Waals surface area contributed by atoms with E-state index in [9.17, 15) is 9.59 Å². The molecular weight excluding hydrogens is 252 g/mol. The number of amides is 1. The second kappa shape index (κ2) is 7.84. The zero-order valence-corrected chi connectivity index (χ0v) is 11.4. The second-order valence-electron chi connectivity index (χ2n) is 3.72. The van der Waals surface area contributed by atoms with E-state index in [-0.39, 0.29) is 11.9 Å². The van der Waals surface area contributed by atoms with Crippen LogP contribution in [0.15, 0.2) is 12.1 Å². The number of hydrogen-bond donors (Lipinski definition) is 2. The van der Waals surface area contributed by atoms with E-state index in [4.69, 9.17) is 0 Å². The number of hydrogen-bond acceptors (Lipinski definition) is 5. The first kappa shape index (κ1) is 14.7. The van der Waals surface area contributed by atoms with E-state index < -0.39 is 0 Å². The van der Waals surface area contributed by atoms with Crippen molar-refractivity contribution in [2.75, 3.05) is 20.7 Å². The quantitative estimate of drug-likeness (QED) is 0.565. The maximum Gasteiger partial charge on any atom is 0.310 e. The van der Waals surface area contributed by atoms with E-state index in [2.05, 4.69) is 15.4 Å². The fourth-order valence-electron chi connectivity index (χ4n) is 1.37. The first-order valence-corrected chi connectivity index (χ1v) is 6.53. The third-order valence-electron chi connectivity index (χ3n) is 2.37. The number of thiophene rings is 1. The Bertz CT molecular complexity index is 404. The lowest BCUT2D eigenvalue weighted by atomic mass is 10.3. The standard InChI is InChI=1S/C12H18N2O3S/c1-13-11(15)5-6-14-8-10-4-3-9(18-10)7-12(16)17-2/h3-4,14H,5-8H2,1-2H3,(H,13,15). The highest BCUT2D eigenvalue weighted by molar-refractivity contribution is 7.12. The largest absolute Gasteiger partial charge is 0.469 e. The molecule has 1 aromatic rings. The summed E-state index contributed by atoms with van der Waals surface area (Å²) in [5.74, 6) is -0.198. The topological polar surface area (TPSA) is 67.4 Å². The van der Waals surface area contributed by atoms with Crippen molar-refractivity contribution in [3.63, 3.8) is 0 Å². The van der Waals surface area contributed by atoms with Gasteiger partial charge in [-0.3, -0.25) is 9.59 Å². The molecule has 1 heterocycles. The van der Waals surface area contributed by atoms with Crippen molar-refractivity contribution in [2.45, 2.75) is 19.4 Å². The van der Waals surface area contributed by atoms with Gasteiger partial charge >= 0.3 is 5.97 Å². The summed E-state index contributed by atoms with van der Waals surface area (Å²) < 4.78 is 4.61. The molecule has 100 valence electrons. The normalized spacial score (nSPS) is 10.1. The molecule has 2 N–H and O–H groups in total. The molecule has 0 bridgehead atoms. The smallest absolute Gasteiger partial charge is 0.310 e. The SMILES string of the molecule is CNC(=O)CCNCc1ccc(CC(=O)OC)s1. The van der Waals surface area contributed by atoms with Crippen LogP contribution in [0.3, 0.4) is 0 Å². The molecule has 0 fully saturated rings. The zero-order chi connectivity index (χ0) is 13.4. The summed E-state index contributed by atoms with van der Waals surface area (Å²) in [5.41, 5.74) is 0. The maximum absolute atomic E-state index is 11.1. The molecule has 0 aromatic carbocycles. The molecule has 0 spiro atoms. The summed E-state index contributed by atoms with van der Waals surface area (Å²) >= 11 is 1.58. The van der Waals surface area contributed by atoms with Gasteiger partial charge in [-0.15, -0.1) is 11.3 Å². The molecule has 0 saturated carbocycles. The minimum absolute atomic E-state index is 0.0278. The number of methoxy groups -OCH3 is 1. The third kappa shape index (κ3) is 5.29. The van der Waals surface area contributed by atoms with Gasteiger partial charge < -0.3 is 15.4 Å². The highest BCUT2D eigenvalue weighted by Crippen LogP contribution is 2.17.